The molecule has 1 saturated heterocycles. The Morgan fingerprint density at radius 2 is 0.625 bits per heavy atom. The van der Waals surface area contributed by atoms with Gasteiger partial charge < -0.3 is 16.5 Å². The highest BCUT2D eigenvalue weighted by Gasteiger charge is 2.41. The van der Waals surface area contributed by atoms with Crippen LogP contribution in [0.25, 0.3) is 0 Å². The Hall–Kier alpha value is 0.708. The number of hydrogen-bond acceptors (Lipinski definition) is 4. The van der Waals surface area contributed by atoms with E-state index in [1.165, 1.54) is 0 Å². The molecule has 1 aliphatic heterocycles. The molecular weight excluding hydrogens is 369 g/mol. The highest BCUT2D eigenvalue weighted by molar-refractivity contribution is 6.75. The topological polar surface area (TPSA) is 36.9 Å². The standard InChI is InChI=1S/C16H40O4Si4/c1-9-13(5)21-17-22(14(6)10-2)19-24(16(8)12-4)20-23(18-21)15(7)11-3/h13-16,21-24H,9-12H2,1-8H3. The van der Waals surface area contributed by atoms with Gasteiger partial charge in [0.15, 0.2) is 0 Å². The number of rotatable bonds is 8. The molecule has 0 bridgehead atoms. The molecule has 0 radical (unpaired) electrons. The molecule has 0 saturated carbocycles. The fraction of sp³-hybridized carbons (Fsp3) is 1.00. The summed E-state index contributed by atoms with van der Waals surface area (Å²) in [7, 11) is -6.89. The second-order valence-electron chi connectivity index (χ2n) is 7.56. The van der Waals surface area contributed by atoms with Gasteiger partial charge >= 0.3 is 37.1 Å². The lowest BCUT2D eigenvalue weighted by atomic mass is 10.4. The molecule has 24 heavy (non-hydrogen) atoms. The van der Waals surface area contributed by atoms with E-state index in [4.69, 9.17) is 16.5 Å². The lowest BCUT2D eigenvalue weighted by molar-refractivity contribution is 0.255. The highest BCUT2D eigenvalue weighted by Crippen LogP contribution is 2.31. The van der Waals surface area contributed by atoms with Crippen molar-refractivity contribution in [1.82, 2.24) is 0 Å². The maximum Gasteiger partial charge on any atom is 0.306 e. The van der Waals surface area contributed by atoms with E-state index in [0.29, 0.717) is 22.2 Å². The van der Waals surface area contributed by atoms with Crippen molar-refractivity contribution in [3.05, 3.63) is 0 Å². The van der Waals surface area contributed by atoms with Crippen LogP contribution in [0.15, 0.2) is 0 Å². The average Bonchev–Trinajstić information content (AvgIpc) is 2.59. The van der Waals surface area contributed by atoms with Crippen molar-refractivity contribution >= 4 is 37.1 Å². The van der Waals surface area contributed by atoms with E-state index >= 15 is 0 Å². The van der Waals surface area contributed by atoms with E-state index in [9.17, 15) is 0 Å². The van der Waals surface area contributed by atoms with Gasteiger partial charge in [0, 0.05) is 0 Å². The van der Waals surface area contributed by atoms with Crippen LogP contribution >= 0.6 is 0 Å². The molecule has 1 fully saturated rings. The van der Waals surface area contributed by atoms with Crippen molar-refractivity contribution in [1.29, 1.82) is 0 Å². The zero-order chi connectivity index (χ0) is 18.3. The molecule has 4 nitrogen and oxygen atoms in total. The van der Waals surface area contributed by atoms with Gasteiger partial charge in [0.05, 0.1) is 0 Å². The lowest BCUT2D eigenvalue weighted by Crippen LogP contribution is -2.52. The monoisotopic (exact) mass is 408 g/mol. The Morgan fingerprint density at radius 3 is 0.750 bits per heavy atom. The van der Waals surface area contributed by atoms with Crippen LogP contribution < -0.4 is 0 Å². The molecule has 0 aliphatic carbocycles. The Bertz CT molecular complexity index is 278. The van der Waals surface area contributed by atoms with Crippen LogP contribution in [0.3, 0.4) is 0 Å². The smallest absolute Gasteiger partial charge is 0.306 e. The predicted molar refractivity (Wildman–Crippen MR) is 112 cm³/mol. The van der Waals surface area contributed by atoms with Crippen molar-refractivity contribution < 1.29 is 16.5 Å². The van der Waals surface area contributed by atoms with E-state index < -0.39 is 37.1 Å². The summed E-state index contributed by atoms with van der Waals surface area (Å²) in [6.07, 6.45) is 4.47. The van der Waals surface area contributed by atoms with Crippen molar-refractivity contribution in [2.45, 2.75) is 103 Å². The third-order valence-corrected chi connectivity index (χ3v) is 19.7. The lowest BCUT2D eigenvalue weighted by Gasteiger charge is -2.40. The highest BCUT2D eigenvalue weighted by atomic mass is 28.5. The van der Waals surface area contributed by atoms with Crippen LogP contribution in [-0.4, -0.2) is 37.1 Å². The van der Waals surface area contributed by atoms with Crippen LogP contribution in [0.2, 0.25) is 22.2 Å². The largest absolute Gasteiger partial charge is 0.420 e. The molecule has 0 aromatic rings. The van der Waals surface area contributed by atoms with Gasteiger partial charge in [0.25, 0.3) is 0 Å². The minimum Gasteiger partial charge on any atom is -0.420 e. The van der Waals surface area contributed by atoms with Crippen molar-refractivity contribution in [3.8, 4) is 0 Å². The quantitative estimate of drug-likeness (QED) is 0.565. The van der Waals surface area contributed by atoms with Crippen LogP contribution in [0.1, 0.15) is 81.1 Å². The minimum atomic E-state index is -1.72. The van der Waals surface area contributed by atoms with Gasteiger partial charge in [-0.2, -0.15) is 0 Å². The third kappa shape index (κ3) is 6.46. The Balaban J connectivity index is 3.03. The first-order chi connectivity index (χ1) is 11.4. The summed E-state index contributed by atoms with van der Waals surface area (Å²) in [6.45, 7) is 18.1. The molecule has 0 N–H and O–H groups in total. The summed E-state index contributed by atoms with van der Waals surface area (Å²) < 4.78 is 26.7. The Morgan fingerprint density at radius 1 is 0.458 bits per heavy atom. The maximum absolute atomic E-state index is 6.67. The van der Waals surface area contributed by atoms with Crippen molar-refractivity contribution in [2.24, 2.45) is 0 Å². The molecule has 0 aromatic carbocycles. The van der Waals surface area contributed by atoms with Gasteiger partial charge in [-0.25, -0.2) is 0 Å². The third-order valence-electron chi connectivity index (χ3n) is 5.51. The minimum absolute atomic E-state index is 0.525. The molecule has 0 spiro atoms. The summed E-state index contributed by atoms with van der Waals surface area (Å²) in [5.74, 6) is 0. The van der Waals surface area contributed by atoms with E-state index in [-0.39, 0.29) is 0 Å². The SMILES string of the molecule is CCC(C)[SiH]1O[SiH](C(C)CC)O[SiH](C(C)CC)O[SiH](C(C)CC)O1. The molecule has 1 heterocycles. The van der Waals surface area contributed by atoms with Gasteiger partial charge in [-0.05, 0) is 22.2 Å². The Kier molecular flexibility index (Phi) is 10.8. The summed E-state index contributed by atoms with van der Waals surface area (Å²) in [5, 5.41) is 0. The van der Waals surface area contributed by atoms with Gasteiger partial charge in [-0.3, -0.25) is 0 Å². The summed E-state index contributed by atoms with van der Waals surface area (Å²) in [5.41, 5.74) is 2.10. The molecule has 1 aliphatic rings. The van der Waals surface area contributed by atoms with Crippen molar-refractivity contribution in [2.75, 3.05) is 0 Å². The molecule has 144 valence electrons. The van der Waals surface area contributed by atoms with Crippen LogP contribution in [0, 0.1) is 0 Å². The van der Waals surface area contributed by atoms with Crippen LogP contribution in [0.5, 0.6) is 0 Å². The maximum atomic E-state index is 6.67. The fourth-order valence-electron chi connectivity index (χ4n) is 2.50. The summed E-state index contributed by atoms with van der Waals surface area (Å²) >= 11 is 0. The van der Waals surface area contributed by atoms with E-state index in [1.54, 1.807) is 0 Å². The van der Waals surface area contributed by atoms with Crippen molar-refractivity contribution in [3.63, 3.8) is 0 Å². The van der Waals surface area contributed by atoms with Gasteiger partial charge in [-0.15, -0.1) is 0 Å². The van der Waals surface area contributed by atoms with E-state index in [1.807, 2.05) is 0 Å². The summed E-state index contributed by atoms with van der Waals surface area (Å²) in [4.78, 5) is 0. The zero-order valence-electron chi connectivity index (χ0n) is 17.1. The first-order valence-electron chi connectivity index (χ1n) is 9.99. The molecule has 0 aromatic heterocycles. The molecular formula is C16H40O4Si4. The van der Waals surface area contributed by atoms with Gasteiger partial charge in [0.2, 0.25) is 0 Å². The zero-order valence-corrected chi connectivity index (χ0v) is 21.7. The van der Waals surface area contributed by atoms with Crippen LogP contribution in [-0.2, 0) is 16.5 Å². The first kappa shape index (κ1) is 22.7. The van der Waals surface area contributed by atoms with E-state index in [0.717, 1.165) is 25.7 Å². The van der Waals surface area contributed by atoms with Gasteiger partial charge in [-0.1, -0.05) is 81.1 Å². The van der Waals surface area contributed by atoms with Gasteiger partial charge in [0.1, 0.15) is 0 Å². The fourth-order valence-corrected chi connectivity index (χ4v) is 20.2. The van der Waals surface area contributed by atoms with Crippen LogP contribution in [0.4, 0.5) is 0 Å². The molecule has 4 unspecified atom stereocenters. The molecule has 1 rings (SSSR count). The predicted octanol–water partition coefficient (Wildman–Crippen LogP) is 4.15. The normalized spacial score (nSPS) is 34.0. The molecule has 8 heteroatoms. The molecule has 0 amide bonds. The second-order valence-corrected chi connectivity index (χ2v) is 19.4. The average molecular weight is 409 g/mol. The second kappa shape index (κ2) is 11.4. The summed E-state index contributed by atoms with van der Waals surface area (Å²) in [6, 6.07) is 0. The van der Waals surface area contributed by atoms with E-state index in [2.05, 4.69) is 55.4 Å². The first-order valence-corrected chi connectivity index (χ1v) is 16.4. The molecule has 4 atom stereocenters. The Labute approximate surface area is 157 Å². The number of hydrogen-bond donors (Lipinski definition) is 0.